The lowest BCUT2D eigenvalue weighted by molar-refractivity contribution is -0.153. The molecule has 0 bridgehead atoms. The molecule has 5 nitrogen and oxygen atoms in total. The summed E-state index contributed by atoms with van der Waals surface area (Å²) >= 11 is 3.32. The Bertz CT molecular complexity index is 446. The van der Waals surface area contributed by atoms with E-state index in [1.165, 1.54) is 19.1 Å². The number of carbonyl (C=O) groups excluding carboxylic acids is 2. The molecule has 0 heterocycles. The predicted octanol–water partition coefficient (Wildman–Crippen LogP) is 1.77. The van der Waals surface area contributed by atoms with Gasteiger partial charge in [-0.2, -0.15) is 0 Å². The van der Waals surface area contributed by atoms with Crippen LogP contribution >= 0.6 is 15.9 Å². The Morgan fingerprint density at radius 1 is 1.26 bits per heavy atom. The van der Waals surface area contributed by atoms with Crippen LogP contribution in [0.3, 0.4) is 0 Å². The molecule has 0 radical (unpaired) electrons. The molecule has 0 aliphatic heterocycles. The van der Waals surface area contributed by atoms with Crippen LogP contribution in [0, 0.1) is 0 Å². The van der Waals surface area contributed by atoms with Crippen molar-refractivity contribution in [3.8, 4) is 0 Å². The number of amides is 1. The second-order valence-electron chi connectivity index (χ2n) is 3.91. The van der Waals surface area contributed by atoms with E-state index in [1.54, 1.807) is 31.3 Å². The number of hydrogen-bond donors (Lipinski definition) is 0. The summed E-state index contributed by atoms with van der Waals surface area (Å²) in [6, 6.07) is 6.37. The Hall–Kier alpha value is -1.40. The molecule has 0 saturated carbocycles. The highest BCUT2D eigenvalue weighted by Crippen LogP contribution is 2.23. The van der Waals surface area contributed by atoms with Crippen LogP contribution in [0.25, 0.3) is 0 Å². The molecule has 0 spiro atoms. The van der Waals surface area contributed by atoms with Gasteiger partial charge in [0.1, 0.15) is 6.61 Å². The van der Waals surface area contributed by atoms with Crippen LogP contribution in [-0.4, -0.2) is 44.7 Å². The molecule has 0 aliphatic carbocycles. The minimum Gasteiger partial charge on any atom is -0.467 e. The van der Waals surface area contributed by atoms with Gasteiger partial charge in [0.05, 0.1) is 7.11 Å². The number of nitrogens with zero attached hydrogens (tertiary/aromatic N) is 1. The first-order chi connectivity index (χ1) is 9.01. The number of methoxy groups -OCH3 is 2. The number of likely N-dealkylation sites (N-methyl/N-ethyl adjacent to an activating group) is 1. The van der Waals surface area contributed by atoms with Gasteiger partial charge in [-0.3, -0.25) is 4.79 Å². The lowest BCUT2D eigenvalue weighted by atomic mass is 10.1. The van der Waals surface area contributed by atoms with E-state index < -0.39 is 12.0 Å². The molecule has 1 unspecified atom stereocenters. The number of hydrogen-bond acceptors (Lipinski definition) is 4. The Balaban J connectivity index is 3.04. The maximum atomic E-state index is 11.9. The van der Waals surface area contributed by atoms with Crippen LogP contribution in [0.1, 0.15) is 11.6 Å². The van der Waals surface area contributed by atoms with Crippen molar-refractivity contribution in [2.24, 2.45) is 0 Å². The topological polar surface area (TPSA) is 55.8 Å². The van der Waals surface area contributed by atoms with E-state index in [4.69, 9.17) is 9.47 Å². The highest BCUT2D eigenvalue weighted by atomic mass is 79.9. The van der Waals surface area contributed by atoms with E-state index in [-0.39, 0.29) is 12.5 Å². The minimum atomic E-state index is -0.777. The van der Waals surface area contributed by atoms with Crippen LogP contribution in [-0.2, 0) is 19.1 Å². The molecule has 0 aliphatic rings. The monoisotopic (exact) mass is 329 g/mol. The maximum Gasteiger partial charge on any atom is 0.333 e. The lowest BCUT2D eigenvalue weighted by Crippen LogP contribution is -2.38. The van der Waals surface area contributed by atoms with E-state index in [2.05, 4.69) is 15.9 Å². The van der Waals surface area contributed by atoms with Crippen molar-refractivity contribution < 1.29 is 19.1 Å². The number of rotatable bonds is 5. The average molecular weight is 330 g/mol. The third kappa shape index (κ3) is 4.04. The molecule has 1 amide bonds. The predicted molar refractivity (Wildman–Crippen MR) is 73.5 cm³/mol. The van der Waals surface area contributed by atoms with Crippen LogP contribution < -0.4 is 0 Å². The smallest absolute Gasteiger partial charge is 0.333 e. The molecular formula is C13H16BrNO4. The van der Waals surface area contributed by atoms with Crippen molar-refractivity contribution in [2.45, 2.75) is 6.04 Å². The zero-order valence-corrected chi connectivity index (χ0v) is 12.6. The largest absolute Gasteiger partial charge is 0.467 e. The molecule has 1 aromatic rings. The van der Waals surface area contributed by atoms with Gasteiger partial charge in [-0.1, -0.05) is 28.1 Å². The summed E-state index contributed by atoms with van der Waals surface area (Å²) in [5.41, 5.74) is 0.682. The third-order valence-electron chi connectivity index (χ3n) is 2.66. The number of carbonyl (C=O) groups is 2. The van der Waals surface area contributed by atoms with E-state index in [0.717, 1.165) is 4.47 Å². The summed E-state index contributed by atoms with van der Waals surface area (Å²) in [6.07, 6.45) is 0. The van der Waals surface area contributed by atoms with Crippen molar-refractivity contribution in [3.05, 3.63) is 34.3 Å². The van der Waals surface area contributed by atoms with Gasteiger partial charge >= 0.3 is 5.97 Å². The number of esters is 1. The van der Waals surface area contributed by atoms with Crippen molar-refractivity contribution in [1.82, 2.24) is 4.90 Å². The first-order valence-corrected chi connectivity index (χ1v) is 6.38. The number of benzene rings is 1. The SMILES string of the molecule is COCC(=O)N(C)C(C(=O)OC)c1ccc(Br)cc1. The lowest BCUT2D eigenvalue weighted by Gasteiger charge is -2.26. The van der Waals surface area contributed by atoms with Crippen LogP contribution in [0.5, 0.6) is 0 Å². The summed E-state index contributed by atoms with van der Waals surface area (Å²) in [5, 5.41) is 0. The van der Waals surface area contributed by atoms with Gasteiger partial charge in [-0.05, 0) is 17.7 Å². The normalized spacial score (nSPS) is 11.8. The molecule has 1 atom stereocenters. The van der Waals surface area contributed by atoms with Crippen LogP contribution in [0.2, 0.25) is 0 Å². The zero-order chi connectivity index (χ0) is 14.4. The van der Waals surface area contributed by atoms with Gasteiger partial charge < -0.3 is 14.4 Å². The summed E-state index contributed by atoms with van der Waals surface area (Å²) in [5.74, 6) is -0.782. The molecule has 0 N–H and O–H groups in total. The molecular weight excluding hydrogens is 314 g/mol. The van der Waals surface area contributed by atoms with Gasteiger partial charge in [0.15, 0.2) is 6.04 Å². The van der Waals surface area contributed by atoms with E-state index in [9.17, 15) is 9.59 Å². The third-order valence-corrected chi connectivity index (χ3v) is 3.19. The molecule has 6 heteroatoms. The van der Waals surface area contributed by atoms with Gasteiger partial charge in [-0.25, -0.2) is 4.79 Å². The Labute approximate surface area is 120 Å². The maximum absolute atomic E-state index is 11.9. The number of ether oxygens (including phenoxy) is 2. The molecule has 0 saturated heterocycles. The Kier molecular flexibility index (Phi) is 5.98. The van der Waals surface area contributed by atoms with Gasteiger partial charge in [0.25, 0.3) is 0 Å². The van der Waals surface area contributed by atoms with Gasteiger partial charge in [0, 0.05) is 18.6 Å². The van der Waals surface area contributed by atoms with Gasteiger partial charge in [-0.15, -0.1) is 0 Å². The molecule has 1 aromatic carbocycles. The highest BCUT2D eigenvalue weighted by molar-refractivity contribution is 9.10. The van der Waals surface area contributed by atoms with Crippen molar-refractivity contribution in [1.29, 1.82) is 0 Å². The van der Waals surface area contributed by atoms with E-state index in [1.807, 2.05) is 0 Å². The number of halogens is 1. The fourth-order valence-electron chi connectivity index (χ4n) is 1.64. The standard InChI is InChI=1S/C13H16BrNO4/c1-15(11(16)8-18-2)12(13(17)19-3)9-4-6-10(14)7-5-9/h4-7,12H,8H2,1-3H3. The van der Waals surface area contributed by atoms with Crippen molar-refractivity contribution >= 4 is 27.8 Å². The first kappa shape index (κ1) is 15.7. The highest BCUT2D eigenvalue weighted by Gasteiger charge is 2.29. The average Bonchev–Trinajstić information content (AvgIpc) is 2.41. The van der Waals surface area contributed by atoms with E-state index >= 15 is 0 Å². The zero-order valence-electron chi connectivity index (χ0n) is 11.1. The van der Waals surface area contributed by atoms with Gasteiger partial charge in [0.2, 0.25) is 5.91 Å². The summed E-state index contributed by atoms with van der Waals surface area (Å²) < 4.78 is 10.4. The first-order valence-electron chi connectivity index (χ1n) is 5.59. The fraction of sp³-hybridized carbons (Fsp3) is 0.385. The van der Waals surface area contributed by atoms with E-state index in [0.29, 0.717) is 5.56 Å². The summed E-state index contributed by atoms with van der Waals surface area (Å²) in [7, 11) is 4.27. The quantitative estimate of drug-likeness (QED) is 0.772. The summed E-state index contributed by atoms with van der Waals surface area (Å²) in [4.78, 5) is 25.0. The Morgan fingerprint density at radius 2 is 1.84 bits per heavy atom. The van der Waals surface area contributed by atoms with Crippen LogP contribution in [0.4, 0.5) is 0 Å². The molecule has 104 valence electrons. The molecule has 0 aromatic heterocycles. The van der Waals surface area contributed by atoms with Crippen LogP contribution in [0.15, 0.2) is 28.7 Å². The second-order valence-corrected chi connectivity index (χ2v) is 4.83. The second kappa shape index (κ2) is 7.25. The van der Waals surface area contributed by atoms with Crippen molar-refractivity contribution in [2.75, 3.05) is 27.9 Å². The molecule has 1 rings (SSSR count). The minimum absolute atomic E-state index is 0.0828. The fourth-order valence-corrected chi connectivity index (χ4v) is 1.91. The van der Waals surface area contributed by atoms with Crippen molar-refractivity contribution in [3.63, 3.8) is 0 Å². The molecule has 19 heavy (non-hydrogen) atoms. The summed E-state index contributed by atoms with van der Waals surface area (Å²) in [6.45, 7) is -0.0828. The Morgan fingerprint density at radius 3 is 2.32 bits per heavy atom. The molecule has 0 fully saturated rings.